The lowest BCUT2D eigenvalue weighted by molar-refractivity contribution is -0.141. The van der Waals surface area contributed by atoms with Gasteiger partial charge in [0.25, 0.3) is 0 Å². The Kier molecular flexibility index (Phi) is 4.18. The molecule has 1 saturated heterocycles. The Hall–Kier alpha value is -2.24. The second-order valence-electron chi connectivity index (χ2n) is 5.64. The summed E-state index contributed by atoms with van der Waals surface area (Å²) < 4.78 is 11.0. The number of carboxylic acids is 1. The molecule has 1 aromatic rings. The van der Waals surface area contributed by atoms with Gasteiger partial charge in [-0.2, -0.15) is 0 Å². The quantitative estimate of drug-likeness (QED) is 0.908. The molecular weight excluding hydrogens is 286 g/mol. The molecule has 2 aliphatic rings. The summed E-state index contributed by atoms with van der Waals surface area (Å²) in [5, 5.41) is 8.97. The maximum atomic E-state index is 12.2. The molecule has 1 atom stereocenters. The van der Waals surface area contributed by atoms with Crippen LogP contribution in [0.25, 0.3) is 0 Å². The van der Waals surface area contributed by atoms with Crippen LogP contribution in [0.3, 0.4) is 0 Å². The summed E-state index contributed by atoms with van der Waals surface area (Å²) in [6.07, 6.45) is 1.54. The molecule has 118 valence electrons. The molecule has 22 heavy (non-hydrogen) atoms. The lowest BCUT2D eigenvalue weighted by Gasteiger charge is -2.19. The van der Waals surface area contributed by atoms with Crippen LogP contribution in [0.15, 0.2) is 18.2 Å². The van der Waals surface area contributed by atoms with Crippen molar-refractivity contribution in [2.45, 2.75) is 19.3 Å². The summed E-state index contributed by atoms with van der Waals surface area (Å²) >= 11 is 0. The number of carbonyl (C=O) groups is 2. The van der Waals surface area contributed by atoms with Crippen molar-refractivity contribution in [1.82, 2.24) is 4.90 Å². The first-order valence-corrected chi connectivity index (χ1v) is 7.52. The molecule has 0 aromatic heterocycles. The van der Waals surface area contributed by atoms with E-state index in [2.05, 4.69) is 0 Å². The summed E-state index contributed by atoms with van der Waals surface area (Å²) in [7, 11) is 0. The highest BCUT2D eigenvalue weighted by Crippen LogP contribution is 2.31. The van der Waals surface area contributed by atoms with Gasteiger partial charge in [-0.25, -0.2) is 0 Å². The van der Waals surface area contributed by atoms with E-state index in [0.717, 1.165) is 17.1 Å². The lowest BCUT2D eigenvalue weighted by atomic mass is 10.1. The fraction of sp³-hybridized carbons (Fsp3) is 0.500. The number of carboxylic acid groups (broad SMARTS) is 1. The van der Waals surface area contributed by atoms with Gasteiger partial charge in [-0.05, 0) is 30.5 Å². The van der Waals surface area contributed by atoms with Gasteiger partial charge in [0.2, 0.25) is 5.91 Å². The molecule has 6 heteroatoms. The number of rotatable bonds is 4. The number of nitrogens with zero attached hydrogens (tertiary/aromatic N) is 1. The van der Waals surface area contributed by atoms with Crippen molar-refractivity contribution in [3.8, 4) is 11.5 Å². The summed E-state index contributed by atoms with van der Waals surface area (Å²) in [5.41, 5.74) is 1.02. The number of hydrogen-bond donors (Lipinski definition) is 1. The van der Waals surface area contributed by atoms with Crippen LogP contribution in [0.2, 0.25) is 0 Å². The van der Waals surface area contributed by atoms with E-state index in [-0.39, 0.29) is 5.91 Å². The predicted octanol–water partition coefficient (Wildman–Crippen LogP) is 1.32. The van der Waals surface area contributed by atoms with Gasteiger partial charge >= 0.3 is 5.97 Å². The van der Waals surface area contributed by atoms with Gasteiger partial charge in [-0.3, -0.25) is 9.59 Å². The van der Waals surface area contributed by atoms with Gasteiger partial charge in [0, 0.05) is 19.5 Å². The molecule has 2 aliphatic heterocycles. The normalized spacial score (nSPS) is 20.0. The maximum Gasteiger partial charge on any atom is 0.308 e. The minimum absolute atomic E-state index is 0.0126. The van der Waals surface area contributed by atoms with Crippen molar-refractivity contribution in [1.29, 1.82) is 0 Å². The highest BCUT2D eigenvalue weighted by molar-refractivity contribution is 5.79. The Morgan fingerprint density at radius 3 is 2.73 bits per heavy atom. The van der Waals surface area contributed by atoms with Crippen molar-refractivity contribution < 1.29 is 24.2 Å². The number of amides is 1. The van der Waals surface area contributed by atoms with Gasteiger partial charge in [0.1, 0.15) is 13.2 Å². The van der Waals surface area contributed by atoms with Crippen molar-refractivity contribution in [2.24, 2.45) is 5.92 Å². The van der Waals surface area contributed by atoms with Crippen LogP contribution in [0.1, 0.15) is 18.4 Å². The van der Waals surface area contributed by atoms with Crippen LogP contribution in [-0.4, -0.2) is 48.2 Å². The maximum absolute atomic E-state index is 12.2. The summed E-state index contributed by atoms with van der Waals surface area (Å²) in [6.45, 7) is 1.97. The average Bonchev–Trinajstić information content (AvgIpc) is 3.03. The van der Waals surface area contributed by atoms with Crippen molar-refractivity contribution in [2.75, 3.05) is 26.3 Å². The molecule has 0 spiro atoms. The molecule has 6 nitrogen and oxygen atoms in total. The van der Waals surface area contributed by atoms with Crippen LogP contribution < -0.4 is 9.47 Å². The molecule has 0 saturated carbocycles. The Morgan fingerprint density at radius 1 is 1.23 bits per heavy atom. The van der Waals surface area contributed by atoms with Crippen LogP contribution in [0.4, 0.5) is 0 Å². The van der Waals surface area contributed by atoms with Gasteiger partial charge in [0.15, 0.2) is 11.5 Å². The van der Waals surface area contributed by atoms with E-state index in [1.165, 1.54) is 0 Å². The van der Waals surface area contributed by atoms with E-state index >= 15 is 0 Å². The molecule has 1 amide bonds. The Labute approximate surface area is 128 Å². The van der Waals surface area contributed by atoms with Gasteiger partial charge in [-0.1, -0.05) is 6.07 Å². The van der Waals surface area contributed by atoms with Crippen LogP contribution in [0, 0.1) is 5.92 Å². The zero-order chi connectivity index (χ0) is 15.5. The Balaban J connectivity index is 1.54. The standard InChI is InChI=1S/C16H19NO5/c18-15(17-6-5-12(10-17)16(19)20)4-2-11-1-3-13-14(9-11)22-8-7-21-13/h1,3,9,12H,2,4-8,10H2,(H,19,20)/t12-/m1/s1. The zero-order valence-electron chi connectivity index (χ0n) is 12.3. The van der Waals surface area contributed by atoms with E-state index in [0.29, 0.717) is 45.6 Å². The van der Waals surface area contributed by atoms with E-state index < -0.39 is 11.9 Å². The molecular formula is C16H19NO5. The second-order valence-corrected chi connectivity index (χ2v) is 5.64. The Morgan fingerprint density at radius 2 is 2.00 bits per heavy atom. The van der Waals surface area contributed by atoms with Crippen molar-refractivity contribution >= 4 is 11.9 Å². The number of likely N-dealkylation sites (tertiary alicyclic amines) is 1. The molecule has 2 heterocycles. The molecule has 0 radical (unpaired) electrons. The minimum Gasteiger partial charge on any atom is -0.486 e. The smallest absolute Gasteiger partial charge is 0.308 e. The third kappa shape index (κ3) is 3.16. The molecule has 0 unspecified atom stereocenters. The molecule has 0 bridgehead atoms. The highest BCUT2D eigenvalue weighted by Gasteiger charge is 2.30. The first kappa shape index (κ1) is 14.7. The summed E-state index contributed by atoms with van der Waals surface area (Å²) in [5.74, 6) is 0.243. The molecule has 1 N–H and O–H groups in total. The Bertz CT molecular complexity index is 586. The summed E-state index contributed by atoms with van der Waals surface area (Å²) in [4.78, 5) is 24.7. The van der Waals surface area contributed by atoms with Crippen LogP contribution in [0.5, 0.6) is 11.5 Å². The first-order valence-electron chi connectivity index (χ1n) is 7.52. The number of ether oxygens (including phenoxy) is 2. The SMILES string of the molecule is O=C(O)[C@@H]1CCN(C(=O)CCc2ccc3c(c2)OCCO3)C1. The van der Waals surface area contributed by atoms with Crippen molar-refractivity contribution in [3.63, 3.8) is 0 Å². The predicted molar refractivity (Wildman–Crippen MR) is 78.1 cm³/mol. The highest BCUT2D eigenvalue weighted by atomic mass is 16.6. The number of benzene rings is 1. The third-order valence-corrected chi connectivity index (χ3v) is 4.12. The molecule has 1 aromatic carbocycles. The van der Waals surface area contributed by atoms with E-state index in [9.17, 15) is 9.59 Å². The number of hydrogen-bond acceptors (Lipinski definition) is 4. The van der Waals surface area contributed by atoms with Crippen molar-refractivity contribution in [3.05, 3.63) is 23.8 Å². The zero-order valence-corrected chi connectivity index (χ0v) is 12.3. The molecule has 0 aliphatic carbocycles. The topological polar surface area (TPSA) is 76.1 Å². The molecule has 3 rings (SSSR count). The van der Waals surface area contributed by atoms with E-state index in [4.69, 9.17) is 14.6 Å². The van der Waals surface area contributed by atoms with Gasteiger partial charge in [-0.15, -0.1) is 0 Å². The average molecular weight is 305 g/mol. The number of fused-ring (bicyclic) bond motifs is 1. The minimum atomic E-state index is -0.817. The first-order chi connectivity index (χ1) is 10.6. The largest absolute Gasteiger partial charge is 0.486 e. The summed E-state index contributed by atoms with van der Waals surface area (Å²) in [6, 6.07) is 5.71. The lowest BCUT2D eigenvalue weighted by Crippen LogP contribution is -2.30. The fourth-order valence-electron chi connectivity index (χ4n) is 2.84. The van der Waals surface area contributed by atoms with E-state index in [1.54, 1.807) is 4.90 Å². The van der Waals surface area contributed by atoms with Gasteiger partial charge < -0.3 is 19.5 Å². The van der Waals surface area contributed by atoms with E-state index in [1.807, 2.05) is 18.2 Å². The number of aliphatic carboxylic acids is 1. The number of aryl methyl sites for hydroxylation is 1. The monoisotopic (exact) mass is 305 g/mol. The van der Waals surface area contributed by atoms with Gasteiger partial charge in [0.05, 0.1) is 5.92 Å². The fourth-order valence-corrected chi connectivity index (χ4v) is 2.84. The van der Waals surface area contributed by atoms with Crippen LogP contribution >= 0.6 is 0 Å². The number of carbonyl (C=O) groups excluding carboxylic acids is 1. The van der Waals surface area contributed by atoms with Crippen LogP contribution in [-0.2, 0) is 16.0 Å². The third-order valence-electron chi connectivity index (χ3n) is 4.12. The second kappa shape index (κ2) is 6.25. The molecule has 1 fully saturated rings.